The monoisotopic (exact) mass is 341 g/mol. The SMILES string of the molecule is COc1ccc(OC2CCN(C(=O)COc3ccccc3)CC2)cc1. The smallest absolute Gasteiger partial charge is 0.260 e. The zero-order chi connectivity index (χ0) is 17.5. The molecule has 0 atom stereocenters. The highest BCUT2D eigenvalue weighted by Crippen LogP contribution is 2.22. The standard InChI is InChI=1S/C20H23NO4/c1-23-16-7-9-18(10-8-16)25-19-11-13-21(14-12-19)20(22)15-24-17-5-3-2-4-6-17/h2-10,19H,11-15H2,1H3. The predicted octanol–water partition coefficient (Wildman–Crippen LogP) is 3.14. The van der Waals surface area contributed by atoms with Gasteiger partial charge in [0.15, 0.2) is 6.61 Å². The summed E-state index contributed by atoms with van der Waals surface area (Å²) in [5, 5.41) is 0. The van der Waals surface area contributed by atoms with Gasteiger partial charge in [0.25, 0.3) is 5.91 Å². The lowest BCUT2D eigenvalue weighted by atomic mass is 10.1. The van der Waals surface area contributed by atoms with Gasteiger partial charge in [0.05, 0.1) is 7.11 Å². The van der Waals surface area contributed by atoms with Gasteiger partial charge in [-0.1, -0.05) is 18.2 Å². The third-order valence-corrected chi connectivity index (χ3v) is 4.26. The zero-order valence-corrected chi connectivity index (χ0v) is 14.4. The largest absolute Gasteiger partial charge is 0.497 e. The van der Waals surface area contributed by atoms with Gasteiger partial charge in [-0.2, -0.15) is 0 Å². The Balaban J connectivity index is 1.42. The Morgan fingerprint density at radius 3 is 2.24 bits per heavy atom. The molecule has 0 aliphatic carbocycles. The fraction of sp³-hybridized carbons (Fsp3) is 0.350. The molecule has 0 bridgehead atoms. The Morgan fingerprint density at radius 2 is 1.60 bits per heavy atom. The number of ether oxygens (including phenoxy) is 3. The number of carbonyl (C=O) groups is 1. The van der Waals surface area contributed by atoms with Crippen LogP contribution >= 0.6 is 0 Å². The van der Waals surface area contributed by atoms with Crippen molar-refractivity contribution >= 4 is 5.91 Å². The Kier molecular flexibility index (Phi) is 5.77. The first kappa shape index (κ1) is 17.1. The molecule has 1 aliphatic heterocycles. The van der Waals surface area contributed by atoms with Gasteiger partial charge in [0, 0.05) is 25.9 Å². The molecule has 0 spiro atoms. The molecule has 1 heterocycles. The number of carbonyl (C=O) groups excluding carboxylic acids is 1. The van der Waals surface area contributed by atoms with Crippen LogP contribution in [0.25, 0.3) is 0 Å². The van der Waals surface area contributed by atoms with Gasteiger partial charge in [-0.05, 0) is 36.4 Å². The minimum atomic E-state index is 0.0201. The maximum atomic E-state index is 12.3. The highest BCUT2D eigenvalue weighted by atomic mass is 16.5. The molecule has 0 radical (unpaired) electrons. The normalized spacial score (nSPS) is 14.8. The number of para-hydroxylation sites is 1. The molecule has 1 fully saturated rings. The highest BCUT2D eigenvalue weighted by Gasteiger charge is 2.24. The molecule has 3 rings (SSSR count). The van der Waals surface area contributed by atoms with E-state index in [1.807, 2.05) is 59.5 Å². The summed E-state index contributed by atoms with van der Waals surface area (Å²) in [5.41, 5.74) is 0. The Morgan fingerprint density at radius 1 is 0.960 bits per heavy atom. The van der Waals surface area contributed by atoms with E-state index >= 15 is 0 Å². The molecule has 1 aliphatic rings. The average Bonchev–Trinajstić information content (AvgIpc) is 2.68. The van der Waals surface area contributed by atoms with Crippen LogP contribution in [0.4, 0.5) is 0 Å². The van der Waals surface area contributed by atoms with Gasteiger partial charge in [-0.15, -0.1) is 0 Å². The fourth-order valence-corrected chi connectivity index (χ4v) is 2.82. The number of hydrogen-bond donors (Lipinski definition) is 0. The van der Waals surface area contributed by atoms with Gasteiger partial charge < -0.3 is 19.1 Å². The molecule has 5 nitrogen and oxygen atoms in total. The van der Waals surface area contributed by atoms with Gasteiger partial charge in [0.2, 0.25) is 0 Å². The molecule has 132 valence electrons. The van der Waals surface area contributed by atoms with E-state index in [-0.39, 0.29) is 18.6 Å². The van der Waals surface area contributed by atoms with E-state index in [9.17, 15) is 4.79 Å². The molecule has 2 aromatic carbocycles. The lowest BCUT2D eigenvalue weighted by Gasteiger charge is -2.32. The molecule has 0 unspecified atom stereocenters. The van der Waals surface area contributed by atoms with Crippen LogP contribution in [0.15, 0.2) is 54.6 Å². The molecule has 5 heteroatoms. The van der Waals surface area contributed by atoms with E-state index < -0.39 is 0 Å². The number of methoxy groups -OCH3 is 1. The van der Waals surface area contributed by atoms with Crippen LogP contribution in [0.5, 0.6) is 17.2 Å². The molecule has 0 aromatic heterocycles. The molecule has 2 aromatic rings. The van der Waals surface area contributed by atoms with Crippen LogP contribution in [0.1, 0.15) is 12.8 Å². The fourth-order valence-electron chi connectivity index (χ4n) is 2.82. The van der Waals surface area contributed by atoms with Crippen molar-refractivity contribution in [1.29, 1.82) is 0 Å². The van der Waals surface area contributed by atoms with E-state index in [1.165, 1.54) is 0 Å². The van der Waals surface area contributed by atoms with E-state index in [0.29, 0.717) is 18.8 Å². The topological polar surface area (TPSA) is 48.0 Å². The second-order valence-corrected chi connectivity index (χ2v) is 5.98. The maximum absolute atomic E-state index is 12.3. The molecular weight excluding hydrogens is 318 g/mol. The van der Waals surface area contributed by atoms with Crippen LogP contribution in [-0.4, -0.2) is 43.7 Å². The third-order valence-electron chi connectivity index (χ3n) is 4.26. The number of piperidine rings is 1. The minimum absolute atomic E-state index is 0.0201. The summed E-state index contributed by atoms with van der Waals surface area (Å²) < 4.78 is 16.7. The van der Waals surface area contributed by atoms with Crippen molar-refractivity contribution in [3.8, 4) is 17.2 Å². The lowest BCUT2D eigenvalue weighted by Crippen LogP contribution is -2.43. The molecule has 1 saturated heterocycles. The van der Waals surface area contributed by atoms with E-state index in [2.05, 4.69) is 0 Å². The van der Waals surface area contributed by atoms with Crippen LogP contribution in [0, 0.1) is 0 Å². The summed E-state index contributed by atoms with van der Waals surface area (Å²) in [6.45, 7) is 1.46. The van der Waals surface area contributed by atoms with Gasteiger partial charge >= 0.3 is 0 Å². The number of likely N-dealkylation sites (tertiary alicyclic amines) is 1. The van der Waals surface area contributed by atoms with Gasteiger partial charge in [0.1, 0.15) is 23.4 Å². The van der Waals surface area contributed by atoms with Crippen LogP contribution in [-0.2, 0) is 4.79 Å². The van der Waals surface area contributed by atoms with Crippen molar-refractivity contribution in [3.05, 3.63) is 54.6 Å². The molecule has 0 N–H and O–H groups in total. The van der Waals surface area contributed by atoms with E-state index in [1.54, 1.807) is 7.11 Å². The summed E-state index contributed by atoms with van der Waals surface area (Å²) in [6, 6.07) is 17.0. The Bertz CT molecular complexity index is 664. The maximum Gasteiger partial charge on any atom is 0.260 e. The van der Waals surface area contributed by atoms with E-state index in [4.69, 9.17) is 14.2 Å². The number of amides is 1. The summed E-state index contributed by atoms with van der Waals surface area (Å²) >= 11 is 0. The van der Waals surface area contributed by atoms with Crippen molar-refractivity contribution in [1.82, 2.24) is 4.90 Å². The number of rotatable bonds is 6. The second-order valence-electron chi connectivity index (χ2n) is 5.98. The first-order valence-corrected chi connectivity index (χ1v) is 8.51. The summed E-state index contributed by atoms with van der Waals surface area (Å²) in [6.07, 6.45) is 1.78. The molecule has 25 heavy (non-hydrogen) atoms. The number of hydrogen-bond acceptors (Lipinski definition) is 4. The van der Waals surface area contributed by atoms with Crippen molar-refractivity contribution in [3.63, 3.8) is 0 Å². The molecule has 0 saturated carbocycles. The van der Waals surface area contributed by atoms with Crippen LogP contribution < -0.4 is 14.2 Å². The predicted molar refractivity (Wildman–Crippen MR) is 95.2 cm³/mol. The second kappa shape index (κ2) is 8.42. The van der Waals surface area contributed by atoms with Gasteiger partial charge in [-0.3, -0.25) is 4.79 Å². The summed E-state index contributed by atoms with van der Waals surface area (Å²) in [5.74, 6) is 2.38. The summed E-state index contributed by atoms with van der Waals surface area (Å²) in [4.78, 5) is 14.1. The summed E-state index contributed by atoms with van der Waals surface area (Å²) in [7, 11) is 1.64. The zero-order valence-electron chi connectivity index (χ0n) is 14.4. The first-order valence-electron chi connectivity index (χ1n) is 8.51. The third kappa shape index (κ3) is 4.89. The minimum Gasteiger partial charge on any atom is -0.497 e. The van der Waals surface area contributed by atoms with Crippen molar-refractivity contribution < 1.29 is 19.0 Å². The van der Waals surface area contributed by atoms with Crippen molar-refractivity contribution in [2.75, 3.05) is 26.8 Å². The average molecular weight is 341 g/mol. The quantitative estimate of drug-likeness (QED) is 0.810. The highest BCUT2D eigenvalue weighted by molar-refractivity contribution is 5.77. The van der Waals surface area contributed by atoms with E-state index in [0.717, 1.165) is 24.3 Å². The van der Waals surface area contributed by atoms with Crippen LogP contribution in [0.3, 0.4) is 0 Å². The number of benzene rings is 2. The van der Waals surface area contributed by atoms with Crippen LogP contribution in [0.2, 0.25) is 0 Å². The number of nitrogens with zero attached hydrogens (tertiary/aromatic N) is 1. The molecular formula is C20H23NO4. The lowest BCUT2D eigenvalue weighted by molar-refractivity contribution is -0.135. The van der Waals surface area contributed by atoms with Crippen molar-refractivity contribution in [2.45, 2.75) is 18.9 Å². The Labute approximate surface area is 148 Å². The van der Waals surface area contributed by atoms with Gasteiger partial charge in [-0.25, -0.2) is 0 Å². The van der Waals surface area contributed by atoms with Crippen molar-refractivity contribution in [2.24, 2.45) is 0 Å². The first-order chi connectivity index (χ1) is 12.2. The Hall–Kier alpha value is -2.69. The molecule has 1 amide bonds.